The number of nitrogens with one attached hydrogen (secondary N) is 2. The van der Waals surface area contributed by atoms with Crippen LogP contribution >= 0.6 is 0 Å². The van der Waals surface area contributed by atoms with Gasteiger partial charge in [0.2, 0.25) is 0 Å². The average Bonchev–Trinajstić information content (AvgIpc) is 3.34. The van der Waals surface area contributed by atoms with Gasteiger partial charge in [0.05, 0.1) is 31.3 Å². The van der Waals surface area contributed by atoms with Gasteiger partial charge >= 0.3 is 0 Å². The fourth-order valence-electron chi connectivity index (χ4n) is 7.00. The van der Waals surface area contributed by atoms with E-state index in [9.17, 15) is 5.11 Å². The second-order valence-electron chi connectivity index (χ2n) is 13.9. The molecule has 2 saturated heterocycles. The van der Waals surface area contributed by atoms with Crippen LogP contribution in [0.2, 0.25) is 0 Å². The molecule has 328 valence electrons. The van der Waals surface area contributed by atoms with E-state index in [0.29, 0.717) is 10.4 Å². The fourth-order valence-corrected chi connectivity index (χ4v) is 7.00. The van der Waals surface area contributed by atoms with Crippen LogP contribution in [0.4, 0.5) is 0 Å². The lowest BCUT2D eigenvalue weighted by molar-refractivity contribution is 0.113. The van der Waals surface area contributed by atoms with Crippen molar-refractivity contribution in [3.05, 3.63) is 137 Å². The highest BCUT2D eigenvalue weighted by Gasteiger charge is 2.30. The molecule has 0 bridgehead atoms. The summed E-state index contributed by atoms with van der Waals surface area (Å²) in [7, 11) is 3.29. The monoisotopic (exact) mass is 839 g/mol. The molecule has 1 unspecified atom stereocenters. The molecule has 10 nitrogen and oxygen atoms in total. The molecular formula is C52H66N6O4. The number of pyridine rings is 2. The van der Waals surface area contributed by atoms with Gasteiger partial charge in [0.25, 0.3) is 0 Å². The molecule has 3 aromatic carbocycles. The fraction of sp³-hybridized carbons (Fsp3) is 0.308. The van der Waals surface area contributed by atoms with Gasteiger partial charge in [-0.25, -0.2) is 0 Å². The lowest BCUT2D eigenvalue weighted by atomic mass is 9.90. The molecule has 10 heteroatoms. The van der Waals surface area contributed by atoms with E-state index in [1.165, 1.54) is 32.4 Å². The molecule has 7 rings (SSSR count). The number of methoxy groups -OCH3 is 2. The zero-order valence-corrected chi connectivity index (χ0v) is 37.4. The van der Waals surface area contributed by atoms with E-state index in [0.717, 1.165) is 69.4 Å². The zero-order chi connectivity index (χ0) is 46.0. The molecule has 2 aliphatic heterocycles. The molecule has 7 N–H and O–H groups in total. The molecule has 4 heterocycles. The summed E-state index contributed by atoms with van der Waals surface area (Å²) in [5.41, 5.74) is 20.4. The van der Waals surface area contributed by atoms with E-state index in [1.54, 1.807) is 56.0 Å². The predicted molar refractivity (Wildman–Crippen MR) is 260 cm³/mol. The average molecular weight is 839 g/mol. The Kier molecular flexibility index (Phi) is 23.2. The number of aliphatic hydroxyl groups excluding tert-OH is 1. The quantitative estimate of drug-likeness (QED) is 0.0762. The van der Waals surface area contributed by atoms with E-state index < -0.39 is 6.10 Å². The molecule has 0 saturated carbocycles. The molecule has 2 aliphatic rings. The number of allylic oxidation sites excluding steroid dienone is 1. The maximum Gasteiger partial charge on any atom is 0.193 e. The van der Waals surface area contributed by atoms with E-state index in [4.69, 9.17) is 25.7 Å². The first-order valence-corrected chi connectivity index (χ1v) is 20.8. The van der Waals surface area contributed by atoms with Crippen LogP contribution in [0, 0.1) is 25.7 Å². The summed E-state index contributed by atoms with van der Waals surface area (Å²) in [6.07, 6.45) is 26.4. The van der Waals surface area contributed by atoms with Crippen LogP contribution in [0.1, 0.15) is 77.0 Å². The Bertz CT molecular complexity index is 2380. The normalized spacial score (nSPS) is 15.5. The van der Waals surface area contributed by atoms with Crippen LogP contribution in [-0.2, 0) is 4.74 Å². The summed E-state index contributed by atoms with van der Waals surface area (Å²) in [5, 5.41) is 19.8. The molecule has 0 spiro atoms. The number of nitrogens with zero attached hydrogens (tertiary/aromatic N) is 2. The molecule has 5 aromatic rings. The number of fused-ring (bicyclic) bond motifs is 2. The van der Waals surface area contributed by atoms with Gasteiger partial charge in [-0.1, -0.05) is 68.9 Å². The molecule has 0 radical (unpaired) electrons. The minimum absolute atomic E-state index is 0.0470. The summed E-state index contributed by atoms with van der Waals surface area (Å²) in [6, 6.07) is 22.5. The van der Waals surface area contributed by atoms with Gasteiger partial charge in [-0.3, -0.25) is 9.97 Å². The number of aliphatic hydroxyl groups is 1. The smallest absolute Gasteiger partial charge is 0.193 e. The highest BCUT2D eigenvalue weighted by Crippen LogP contribution is 2.34. The highest BCUT2D eigenvalue weighted by atomic mass is 16.5. The van der Waals surface area contributed by atoms with Gasteiger partial charge in [0.1, 0.15) is 17.6 Å². The minimum atomic E-state index is -0.433. The van der Waals surface area contributed by atoms with E-state index >= 15 is 0 Å². The van der Waals surface area contributed by atoms with Crippen molar-refractivity contribution in [1.29, 1.82) is 0 Å². The second kappa shape index (κ2) is 27.9. The first-order chi connectivity index (χ1) is 30.2. The lowest BCUT2D eigenvalue weighted by Gasteiger charge is -2.33. The van der Waals surface area contributed by atoms with Crippen molar-refractivity contribution < 1.29 is 19.3 Å². The van der Waals surface area contributed by atoms with Crippen molar-refractivity contribution in [3.63, 3.8) is 0 Å². The molecule has 2 fully saturated rings. The third-order valence-electron chi connectivity index (χ3n) is 10.3. The summed E-state index contributed by atoms with van der Waals surface area (Å²) in [5.74, 6) is 1.44. The Morgan fingerprint density at radius 3 is 1.95 bits per heavy atom. The van der Waals surface area contributed by atoms with Gasteiger partial charge in [-0.2, -0.15) is 0 Å². The van der Waals surface area contributed by atoms with Gasteiger partial charge in [0, 0.05) is 39.2 Å². The Labute approximate surface area is 369 Å². The largest absolute Gasteiger partial charge is 0.497 e. The number of nitrogens with two attached hydrogens (primary N) is 2. The summed E-state index contributed by atoms with van der Waals surface area (Å²) < 4.78 is 17.0. The number of terminal acetylenes is 2. The summed E-state index contributed by atoms with van der Waals surface area (Å²) >= 11 is 0. The van der Waals surface area contributed by atoms with Crippen LogP contribution in [0.5, 0.6) is 11.5 Å². The molecular weight excluding hydrogens is 773 g/mol. The maximum absolute atomic E-state index is 9.91. The maximum atomic E-state index is 9.91. The van der Waals surface area contributed by atoms with Gasteiger partial charge in [-0.05, 0) is 125 Å². The summed E-state index contributed by atoms with van der Waals surface area (Å²) in [4.78, 5) is 8.76. The van der Waals surface area contributed by atoms with Gasteiger partial charge in [0.15, 0.2) is 11.8 Å². The number of ether oxygens (including phenoxy) is 3. The molecule has 62 heavy (non-hydrogen) atoms. The van der Waals surface area contributed by atoms with Crippen molar-refractivity contribution in [1.82, 2.24) is 20.6 Å². The highest BCUT2D eigenvalue weighted by molar-refractivity contribution is 5.88. The lowest BCUT2D eigenvalue weighted by Crippen LogP contribution is -2.42. The Balaban J connectivity index is 0.000000362. The molecule has 0 aliphatic carbocycles. The van der Waals surface area contributed by atoms with Crippen LogP contribution in [0.25, 0.3) is 39.6 Å². The first kappa shape index (κ1) is 51.4. The van der Waals surface area contributed by atoms with Crippen molar-refractivity contribution in [2.45, 2.75) is 71.9 Å². The van der Waals surface area contributed by atoms with Crippen LogP contribution in [0.15, 0.2) is 115 Å². The van der Waals surface area contributed by atoms with Crippen LogP contribution < -0.4 is 42.0 Å². The standard InChI is InChI=1S/C25H28N4O3.C12H11NO.C9H17N.C2H6.2C2H2/c1-15-9-11-29-22(13-15)23(32-25(27)19-6-4-3-5-18(19)24(26)30)17-10-12-28-21-8-7-16(31-2)14-20(17)21;1-3-9-6-7-13-12-5-4-10(14-2)8-11(9)12;1-3-8(2)9-4-6-10-7-5-9;3*1-2/h3-8,10,12,14,22-23,29-30H,1,9,11,13,26-27H2,2H3;3-8H,1H2,2H3;10H,3-7H2,1-2H3;1-2H3;2*1-2H/b24-18+,25-19+;;;;;/t22?,23-;;;;;/m1...../s1. The SMILES string of the molecule is C#C.C#C.C=C1CCNC([C@H](O/C(N)=c2\cccc\c2=C(\N)O)c2ccnc3ccc(OC)cc23)C1.C=Cc1ccnc2ccc(OC)cc12.CC.CCC(C)=C1CCNCC1. The molecule has 2 atom stereocenters. The number of aromatic nitrogens is 2. The number of benzene rings is 3. The molecule has 0 amide bonds. The molecule has 2 aromatic heterocycles. The van der Waals surface area contributed by atoms with Crippen LogP contribution in [-0.4, -0.2) is 55.0 Å². The van der Waals surface area contributed by atoms with Crippen molar-refractivity contribution in [2.24, 2.45) is 11.5 Å². The van der Waals surface area contributed by atoms with Crippen LogP contribution in [0.3, 0.4) is 0 Å². The Morgan fingerprint density at radius 1 is 0.839 bits per heavy atom. The van der Waals surface area contributed by atoms with Crippen molar-refractivity contribution in [3.8, 4) is 37.2 Å². The first-order valence-electron chi connectivity index (χ1n) is 20.8. The summed E-state index contributed by atoms with van der Waals surface area (Å²) in [6.45, 7) is 19.6. The third-order valence-corrected chi connectivity index (χ3v) is 10.3. The van der Waals surface area contributed by atoms with Gasteiger partial charge < -0.3 is 41.4 Å². The second-order valence-corrected chi connectivity index (χ2v) is 13.9. The number of hydrogen-bond acceptors (Lipinski definition) is 10. The number of rotatable bonds is 8. The Hall–Kier alpha value is -6.72. The van der Waals surface area contributed by atoms with E-state index in [-0.39, 0.29) is 17.8 Å². The number of piperidine rings is 2. The third kappa shape index (κ3) is 14.5. The zero-order valence-electron chi connectivity index (χ0n) is 37.4. The van der Waals surface area contributed by atoms with E-state index in [2.05, 4.69) is 73.3 Å². The van der Waals surface area contributed by atoms with Crippen molar-refractivity contribution in [2.75, 3.05) is 33.9 Å². The van der Waals surface area contributed by atoms with Gasteiger partial charge in [-0.15, -0.1) is 25.7 Å². The van der Waals surface area contributed by atoms with Crippen molar-refractivity contribution >= 4 is 39.6 Å². The minimum Gasteiger partial charge on any atom is -0.497 e. The predicted octanol–water partition coefficient (Wildman–Crippen LogP) is 8.42. The number of hydrogen-bond donors (Lipinski definition) is 5. The Morgan fingerprint density at radius 2 is 1.40 bits per heavy atom. The van der Waals surface area contributed by atoms with E-state index in [1.807, 2.05) is 74.5 Å². The topological polar surface area (TPSA) is 150 Å².